The van der Waals surface area contributed by atoms with E-state index in [9.17, 15) is 5.11 Å². The summed E-state index contributed by atoms with van der Waals surface area (Å²) in [4.78, 5) is 4.14. The van der Waals surface area contributed by atoms with Gasteiger partial charge < -0.3 is 20.9 Å². The zero-order valence-corrected chi connectivity index (χ0v) is 17.5. The number of guanidine groups is 1. The summed E-state index contributed by atoms with van der Waals surface area (Å²) in [6, 6.07) is 8.18. The van der Waals surface area contributed by atoms with Gasteiger partial charge in [0.25, 0.3) is 0 Å². The molecule has 4 N–H and O–H groups in total. The molecule has 138 valence electrons. The molecule has 0 bridgehead atoms. The molecule has 1 aromatic rings. The molecule has 0 radical (unpaired) electrons. The maximum Gasteiger partial charge on any atom is 0.193 e. The smallest absolute Gasteiger partial charge is 0.193 e. The van der Waals surface area contributed by atoms with Crippen LogP contribution in [0.1, 0.15) is 45.6 Å². The van der Waals surface area contributed by atoms with Gasteiger partial charge in [0.15, 0.2) is 5.96 Å². The minimum Gasteiger partial charge on any atom is -0.389 e. The van der Waals surface area contributed by atoms with Crippen LogP contribution < -0.4 is 11.1 Å². The van der Waals surface area contributed by atoms with E-state index >= 15 is 0 Å². The van der Waals surface area contributed by atoms with Crippen molar-refractivity contribution in [3.8, 4) is 0 Å². The quantitative estimate of drug-likeness (QED) is 0.306. The van der Waals surface area contributed by atoms with Crippen LogP contribution in [0.3, 0.4) is 0 Å². The Morgan fingerprint density at radius 2 is 1.83 bits per heavy atom. The SMILES string of the molecule is CCC(C)c1ccc(NC(N)=NCC(O)COCC(C)C)cc1.I. The number of rotatable bonds is 9. The number of halogens is 1. The van der Waals surface area contributed by atoms with Gasteiger partial charge in [-0.25, -0.2) is 0 Å². The lowest BCUT2D eigenvalue weighted by atomic mass is 9.99. The van der Waals surface area contributed by atoms with Crippen LogP contribution in [-0.4, -0.2) is 36.9 Å². The van der Waals surface area contributed by atoms with Crippen LogP contribution in [0.2, 0.25) is 0 Å². The molecule has 0 aliphatic heterocycles. The van der Waals surface area contributed by atoms with Gasteiger partial charge in [-0.3, -0.25) is 4.99 Å². The summed E-state index contributed by atoms with van der Waals surface area (Å²) in [6.45, 7) is 9.66. The Morgan fingerprint density at radius 1 is 1.21 bits per heavy atom. The zero-order valence-electron chi connectivity index (χ0n) is 15.2. The number of aliphatic hydroxyl groups is 1. The first-order valence-corrected chi connectivity index (χ1v) is 8.35. The molecule has 1 aromatic carbocycles. The van der Waals surface area contributed by atoms with Gasteiger partial charge in [0.1, 0.15) is 0 Å². The second-order valence-corrected chi connectivity index (χ2v) is 6.37. The lowest BCUT2D eigenvalue weighted by Gasteiger charge is -2.12. The largest absolute Gasteiger partial charge is 0.389 e. The first kappa shape index (κ1) is 23.1. The van der Waals surface area contributed by atoms with E-state index in [1.807, 2.05) is 12.1 Å². The Labute approximate surface area is 163 Å². The predicted octanol–water partition coefficient (Wildman–Crippen LogP) is 3.58. The van der Waals surface area contributed by atoms with Crippen LogP contribution in [0.5, 0.6) is 0 Å². The third-order valence-electron chi connectivity index (χ3n) is 3.60. The van der Waals surface area contributed by atoms with E-state index in [2.05, 4.69) is 50.1 Å². The van der Waals surface area contributed by atoms with Crippen molar-refractivity contribution >= 4 is 35.6 Å². The van der Waals surface area contributed by atoms with Gasteiger partial charge in [0.2, 0.25) is 0 Å². The topological polar surface area (TPSA) is 79.9 Å². The Morgan fingerprint density at radius 3 is 2.38 bits per heavy atom. The molecule has 2 unspecified atom stereocenters. The number of nitrogens with one attached hydrogen (secondary N) is 1. The van der Waals surface area contributed by atoms with Crippen LogP contribution in [0.15, 0.2) is 29.3 Å². The fourth-order valence-corrected chi connectivity index (χ4v) is 2.01. The minimum atomic E-state index is -0.637. The van der Waals surface area contributed by atoms with Crippen LogP contribution >= 0.6 is 24.0 Å². The maximum absolute atomic E-state index is 9.79. The number of nitrogens with zero attached hydrogens (tertiary/aromatic N) is 1. The second kappa shape index (κ2) is 12.5. The average molecular weight is 449 g/mol. The van der Waals surface area contributed by atoms with Gasteiger partial charge in [0.05, 0.1) is 19.3 Å². The number of hydrogen-bond acceptors (Lipinski definition) is 3. The van der Waals surface area contributed by atoms with Gasteiger partial charge in [-0.15, -0.1) is 24.0 Å². The highest BCUT2D eigenvalue weighted by molar-refractivity contribution is 14.0. The summed E-state index contributed by atoms with van der Waals surface area (Å²) in [5.74, 6) is 1.30. The highest BCUT2D eigenvalue weighted by Gasteiger charge is 2.05. The monoisotopic (exact) mass is 449 g/mol. The van der Waals surface area contributed by atoms with Crippen molar-refractivity contribution in [3.05, 3.63) is 29.8 Å². The fraction of sp³-hybridized carbons (Fsp3) is 0.611. The number of nitrogens with two attached hydrogens (primary N) is 1. The van der Waals surface area contributed by atoms with Crippen LogP contribution in [0.4, 0.5) is 5.69 Å². The molecule has 0 spiro atoms. The Bertz CT molecular complexity index is 478. The normalized spacial score (nSPS) is 14.2. The summed E-state index contributed by atoms with van der Waals surface area (Å²) >= 11 is 0. The highest BCUT2D eigenvalue weighted by atomic mass is 127. The van der Waals surface area contributed by atoms with E-state index in [1.165, 1.54) is 5.56 Å². The summed E-state index contributed by atoms with van der Waals surface area (Å²) in [6.07, 6.45) is 0.481. The summed E-state index contributed by atoms with van der Waals surface area (Å²) < 4.78 is 5.37. The second-order valence-electron chi connectivity index (χ2n) is 6.37. The molecule has 0 saturated heterocycles. The number of aliphatic imine (C=N–C) groups is 1. The number of ether oxygens (including phenoxy) is 1. The van der Waals surface area contributed by atoms with Crippen LogP contribution in [0, 0.1) is 5.92 Å². The number of benzene rings is 1. The molecule has 0 fully saturated rings. The molecule has 5 nitrogen and oxygen atoms in total. The van der Waals surface area contributed by atoms with Crippen molar-refractivity contribution in [2.24, 2.45) is 16.6 Å². The fourth-order valence-electron chi connectivity index (χ4n) is 2.01. The molecule has 1 rings (SSSR count). The average Bonchev–Trinajstić information content (AvgIpc) is 2.52. The summed E-state index contributed by atoms with van der Waals surface area (Å²) in [5.41, 5.74) is 8.05. The van der Waals surface area contributed by atoms with E-state index in [4.69, 9.17) is 10.5 Å². The third-order valence-corrected chi connectivity index (χ3v) is 3.60. The van der Waals surface area contributed by atoms with Crippen molar-refractivity contribution in [1.29, 1.82) is 0 Å². The van der Waals surface area contributed by atoms with Crippen LogP contribution in [-0.2, 0) is 4.74 Å². The van der Waals surface area contributed by atoms with Crippen molar-refractivity contribution in [1.82, 2.24) is 0 Å². The van der Waals surface area contributed by atoms with Crippen molar-refractivity contribution in [2.75, 3.05) is 25.1 Å². The molecular weight excluding hydrogens is 417 g/mol. The Balaban J connectivity index is 0.00000529. The molecule has 0 heterocycles. The van der Waals surface area contributed by atoms with E-state index in [-0.39, 0.29) is 37.1 Å². The molecule has 6 heteroatoms. The maximum atomic E-state index is 9.79. The number of aliphatic hydroxyl groups excluding tert-OH is 1. The van der Waals surface area contributed by atoms with Gasteiger partial charge in [-0.2, -0.15) is 0 Å². The molecule has 24 heavy (non-hydrogen) atoms. The van der Waals surface area contributed by atoms with Gasteiger partial charge in [-0.1, -0.05) is 39.8 Å². The first-order chi connectivity index (χ1) is 10.9. The van der Waals surface area contributed by atoms with Gasteiger partial charge in [-0.05, 0) is 36.0 Å². The van der Waals surface area contributed by atoms with Crippen LogP contribution in [0.25, 0.3) is 0 Å². The molecule has 0 aliphatic rings. The number of hydrogen-bond donors (Lipinski definition) is 3. The van der Waals surface area contributed by atoms with E-state index in [1.54, 1.807) is 0 Å². The first-order valence-electron chi connectivity index (χ1n) is 8.35. The summed E-state index contributed by atoms with van der Waals surface area (Å²) in [7, 11) is 0. The Hall–Kier alpha value is -0.860. The van der Waals surface area contributed by atoms with E-state index < -0.39 is 6.10 Å². The van der Waals surface area contributed by atoms with Gasteiger partial charge in [0, 0.05) is 12.3 Å². The summed E-state index contributed by atoms with van der Waals surface area (Å²) in [5, 5.41) is 12.8. The molecular formula is C18H32IN3O2. The lowest BCUT2D eigenvalue weighted by Crippen LogP contribution is -2.26. The van der Waals surface area contributed by atoms with E-state index in [0.717, 1.165) is 12.1 Å². The minimum absolute atomic E-state index is 0. The van der Waals surface area contributed by atoms with Gasteiger partial charge >= 0.3 is 0 Å². The van der Waals surface area contributed by atoms with Crippen molar-refractivity contribution in [2.45, 2.75) is 46.1 Å². The zero-order chi connectivity index (χ0) is 17.2. The Kier molecular flexibility index (Phi) is 12.0. The molecule has 0 amide bonds. The highest BCUT2D eigenvalue weighted by Crippen LogP contribution is 2.20. The van der Waals surface area contributed by atoms with E-state index in [0.29, 0.717) is 24.4 Å². The van der Waals surface area contributed by atoms with Crippen molar-refractivity contribution in [3.63, 3.8) is 0 Å². The van der Waals surface area contributed by atoms with Crippen molar-refractivity contribution < 1.29 is 9.84 Å². The standard InChI is InChI=1S/C18H31N3O2.HI/c1-5-14(4)15-6-8-16(9-7-15)21-18(19)20-10-17(22)12-23-11-13(2)3;/h6-9,13-14,17,22H,5,10-12H2,1-4H3,(H3,19,20,21);1H. The molecule has 0 aliphatic carbocycles. The third kappa shape index (κ3) is 9.44. The lowest BCUT2D eigenvalue weighted by molar-refractivity contribution is 0.0302. The molecule has 2 atom stereocenters. The number of anilines is 1. The molecule has 0 aromatic heterocycles. The molecule has 0 saturated carbocycles. The predicted molar refractivity (Wildman–Crippen MR) is 112 cm³/mol.